The van der Waals surface area contributed by atoms with E-state index in [1.807, 2.05) is 0 Å². The Hall–Kier alpha value is -2.26. The van der Waals surface area contributed by atoms with Crippen LogP contribution in [-0.4, -0.2) is 73.2 Å². The third-order valence-corrected chi connectivity index (χ3v) is 7.64. The second kappa shape index (κ2) is 10.4. The van der Waals surface area contributed by atoms with Gasteiger partial charge in [0.25, 0.3) is 11.8 Å². The summed E-state index contributed by atoms with van der Waals surface area (Å²) < 4.78 is 18.2. The van der Waals surface area contributed by atoms with Crippen LogP contribution in [0.25, 0.3) is 0 Å². The van der Waals surface area contributed by atoms with Crippen molar-refractivity contribution in [2.24, 2.45) is 5.92 Å². The van der Waals surface area contributed by atoms with Crippen molar-refractivity contribution < 1.29 is 28.9 Å². The summed E-state index contributed by atoms with van der Waals surface area (Å²) in [6.45, 7) is 7.46. The molecule has 1 aromatic rings. The van der Waals surface area contributed by atoms with Crippen molar-refractivity contribution in [1.29, 1.82) is 0 Å². The van der Waals surface area contributed by atoms with E-state index in [9.17, 15) is 9.59 Å². The van der Waals surface area contributed by atoms with Crippen LogP contribution < -0.4 is 10.6 Å². The molecule has 1 aliphatic carbocycles. The van der Waals surface area contributed by atoms with Crippen LogP contribution in [0.15, 0.2) is 35.9 Å². The lowest BCUT2D eigenvalue weighted by Gasteiger charge is -2.43. The Morgan fingerprint density at radius 2 is 1.86 bits per heavy atom. The highest BCUT2D eigenvalue weighted by atomic mass is 16.6. The van der Waals surface area contributed by atoms with Crippen LogP contribution in [0.5, 0.6) is 0 Å². The first-order chi connectivity index (χ1) is 16.7. The molecule has 2 heterocycles. The highest BCUT2D eigenvalue weighted by Gasteiger charge is 2.71. The van der Waals surface area contributed by atoms with Crippen molar-refractivity contribution in [3.05, 3.63) is 47.0 Å². The number of hydrogen-bond donors (Lipinski definition) is 3. The minimum atomic E-state index is -0.350. The number of carbonyl (C=O) groups is 2. The summed E-state index contributed by atoms with van der Waals surface area (Å²) in [5, 5.41) is 14.8. The van der Waals surface area contributed by atoms with Crippen molar-refractivity contribution in [2.75, 3.05) is 26.9 Å². The first-order valence-corrected chi connectivity index (χ1v) is 12.5. The van der Waals surface area contributed by atoms with Crippen molar-refractivity contribution in [3.63, 3.8) is 0 Å². The number of benzene rings is 1. The van der Waals surface area contributed by atoms with Gasteiger partial charge in [-0.15, -0.1) is 0 Å². The van der Waals surface area contributed by atoms with Gasteiger partial charge in [0.2, 0.25) is 0 Å². The number of aliphatic hydroxyl groups is 1. The van der Waals surface area contributed by atoms with Gasteiger partial charge in [0.05, 0.1) is 30.5 Å². The van der Waals surface area contributed by atoms with Gasteiger partial charge in [-0.05, 0) is 70.7 Å². The molecule has 2 amide bonds. The van der Waals surface area contributed by atoms with E-state index in [-0.39, 0.29) is 53.8 Å². The first-order valence-electron chi connectivity index (χ1n) is 12.5. The predicted octanol–water partition coefficient (Wildman–Crippen LogP) is 2.61. The summed E-state index contributed by atoms with van der Waals surface area (Å²) in [5.74, 6) is -0.395. The molecule has 8 nitrogen and oxygen atoms in total. The molecule has 1 spiro atoms. The summed E-state index contributed by atoms with van der Waals surface area (Å²) in [4.78, 5) is 25.3. The standard InChI is InChI=1S/C27H38N2O6/c1-17(2)6-11-21-26(3,35-21)23-22(33-4)20(12-13-27(23)16-34-27)29-25(32)19-9-7-18(8-10-19)24(31)28-14-5-15-30/h6-10,20-23,30H,5,11-16H2,1-4H3,(H,28,31)(H,29,32)/t20-,21-,22-,23-,26?,27+/m1/s1. The molecule has 1 unspecified atom stereocenters. The van der Waals surface area contributed by atoms with E-state index in [1.165, 1.54) is 5.57 Å². The molecule has 6 atom stereocenters. The lowest BCUT2D eigenvalue weighted by atomic mass is 9.67. The maximum absolute atomic E-state index is 13.1. The van der Waals surface area contributed by atoms with Gasteiger partial charge in [-0.2, -0.15) is 0 Å². The molecule has 3 fully saturated rings. The van der Waals surface area contributed by atoms with Crippen molar-refractivity contribution >= 4 is 11.8 Å². The Balaban J connectivity index is 1.42. The fraction of sp³-hybridized carbons (Fsp3) is 0.630. The minimum Gasteiger partial charge on any atom is -0.396 e. The molecule has 3 N–H and O–H groups in total. The van der Waals surface area contributed by atoms with Gasteiger partial charge in [-0.25, -0.2) is 0 Å². The summed E-state index contributed by atoms with van der Waals surface area (Å²) in [7, 11) is 1.69. The Bertz CT molecular complexity index is 953. The van der Waals surface area contributed by atoms with Crippen LogP contribution >= 0.6 is 0 Å². The second-order valence-electron chi connectivity index (χ2n) is 10.4. The lowest BCUT2D eigenvalue weighted by molar-refractivity contribution is -0.0660. The molecular weight excluding hydrogens is 448 g/mol. The number of carbonyl (C=O) groups excluding carboxylic acids is 2. The Morgan fingerprint density at radius 3 is 2.43 bits per heavy atom. The Labute approximate surface area is 207 Å². The zero-order valence-electron chi connectivity index (χ0n) is 21.1. The third kappa shape index (κ3) is 5.45. The molecular formula is C27H38N2O6. The number of allylic oxidation sites excluding steroid dienone is 1. The maximum Gasteiger partial charge on any atom is 0.251 e. The molecule has 8 heteroatoms. The van der Waals surface area contributed by atoms with Crippen molar-refractivity contribution in [1.82, 2.24) is 10.6 Å². The average molecular weight is 487 g/mol. The molecule has 3 aliphatic rings. The quantitative estimate of drug-likeness (QED) is 0.266. The van der Waals surface area contributed by atoms with E-state index in [1.54, 1.807) is 31.4 Å². The van der Waals surface area contributed by atoms with Crippen LogP contribution in [0.3, 0.4) is 0 Å². The molecule has 4 rings (SSSR count). The van der Waals surface area contributed by atoms with E-state index in [4.69, 9.17) is 19.3 Å². The van der Waals surface area contributed by atoms with E-state index < -0.39 is 0 Å². The SMILES string of the molecule is CO[C@H]1[C@H](C2(C)O[C@@H]2CC=C(C)C)[C@]2(CC[C@H]1NC(=O)c1ccc(C(=O)NCCCO)cc1)CO2. The Morgan fingerprint density at radius 1 is 1.20 bits per heavy atom. The van der Waals surface area contributed by atoms with Gasteiger partial charge >= 0.3 is 0 Å². The summed E-state index contributed by atoms with van der Waals surface area (Å²) >= 11 is 0. The topological polar surface area (TPSA) is 113 Å². The molecule has 2 aliphatic heterocycles. The van der Waals surface area contributed by atoms with Gasteiger partial charge < -0.3 is 30.0 Å². The van der Waals surface area contributed by atoms with Crippen LogP contribution in [0, 0.1) is 5.92 Å². The highest BCUT2D eigenvalue weighted by molar-refractivity contribution is 5.97. The van der Waals surface area contributed by atoms with E-state index in [2.05, 4.69) is 37.5 Å². The van der Waals surface area contributed by atoms with Gasteiger partial charge in [-0.3, -0.25) is 9.59 Å². The molecule has 0 bridgehead atoms. The van der Waals surface area contributed by atoms with E-state index in [0.29, 0.717) is 30.7 Å². The fourth-order valence-electron chi connectivity index (χ4n) is 5.55. The van der Waals surface area contributed by atoms with Gasteiger partial charge in [0.1, 0.15) is 5.60 Å². The van der Waals surface area contributed by atoms with Gasteiger partial charge in [0.15, 0.2) is 0 Å². The number of ether oxygens (including phenoxy) is 3. The number of methoxy groups -OCH3 is 1. The van der Waals surface area contributed by atoms with Gasteiger partial charge in [0, 0.05) is 37.3 Å². The molecule has 2 saturated heterocycles. The third-order valence-electron chi connectivity index (χ3n) is 7.64. The van der Waals surface area contributed by atoms with E-state index in [0.717, 1.165) is 19.3 Å². The highest BCUT2D eigenvalue weighted by Crippen LogP contribution is 2.59. The van der Waals surface area contributed by atoms with Crippen LogP contribution in [0.2, 0.25) is 0 Å². The van der Waals surface area contributed by atoms with Crippen LogP contribution in [-0.2, 0) is 14.2 Å². The molecule has 192 valence electrons. The second-order valence-corrected chi connectivity index (χ2v) is 10.4. The van der Waals surface area contributed by atoms with Crippen LogP contribution in [0.4, 0.5) is 0 Å². The number of aliphatic hydroxyl groups excluding tert-OH is 1. The largest absolute Gasteiger partial charge is 0.396 e. The zero-order valence-corrected chi connectivity index (χ0v) is 21.1. The number of hydrogen-bond acceptors (Lipinski definition) is 6. The molecule has 1 aromatic carbocycles. The Kier molecular flexibility index (Phi) is 7.66. The molecule has 35 heavy (non-hydrogen) atoms. The normalized spacial score (nSPS) is 33.2. The molecule has 0 aromatic heterocycles. The summed E-state index contributed by atoms with van der Waals surface area (Å²) in [6, 6.07) is 6.43. The number of rotatable bonds is 10. The van der Waals surface area contributed by atoms with Crippen molar-refractivity contribution in [2.45, 2.75) is 75.9 Å². The maximum atomic E-state index is 13.1. The first kappa shape index (κ1) is 25.8. The number of amides is 2. The zero-order chi connectivity index (χ0) is 25.2. The fourth-order valence-corrected chi connectivity index (χ4v) is 5.55. The summed E-state index contributed by atoms with van der Waals surface area (Å²) in [5.41, 5.74) is 1.65. The molecule has 0 radical (unpaired) electrons. The number of epoxide rings is 2. The average Bonchev–Trinajstić information content (AvgIpc) is 3.76. The van der Waals surface area contributed by atoms with Crippen molar-refractivity contribution in [3.8, 4) is 0 Å². The predicted molar refractivity (Wildman–Crippen MR) is 131 cm³/mol. The van der Waals surface area contributed by atoms with E-state index >= 15 is 0 Å². The minimum absolute atomic E-state index is 0.0263. The van der Waals surface area contributed by atoms with Crippen LogP contribution in [0.1, 0.15) is 67.2 Å². The van der Waals surface area contributed by atoms with Gasteiger partial charge in [-0.1, -0.05) is 11.6 Å². The molecule has 1 saturated carbocycles. The monoisotopic (exact) mass is 486 g/mol. The number of nitrogens with one attached hydrogen (secondary N) is 2. The lowest BCUT2D eigenvalue weighted by Crippen LogP contribution is -2.59. The summed E-state index contributed by atoms with van der Waals surface area (Å²) in [6.07, 6.45) is 5.07. The smallest absolute Gasteiger partial charge is 0.251 e.